The number of aromatic amines is 1. The lowest BCUT2D eigenvalue weighted by Gasteiger charge is -2.22. The number of amides is 2. The molecule has 0 aliphatic carbocycles. The van der Waals surface area contributed by atoms with Crippen molar-refractivity contribution in [3.8, 4) is 5.75 Å². The van der Waals surface area contributed by atoms with Gasteiger partial charge >= 0.3 is 0 Å². The summed E-state index contributed by atoms with van der Waals surface area (Å²) in [6.07, 6.45) is 1.86. The number of anilines is 1. The summed E-state index contributed by atoms with van der Waals surface area (Å²) in [6, 6.07) is 7.57. The SMILES string of the molecule is CC1(C)Cc2c(C(N)=O)n[nH]c2CCO1.CN1C(=O)CCOc2ccccc21. The average molecular weight is 386 g/mol. The number of carbonyl (C=O) groups is 2. The van der Waals surface area contributed by atoms with Crippen LogP contribution in [-0.2, 0) is 22.4 Å². The lowest BCUT2D eigenvalue weighted by atomic mass is 9.97. The summed E-state index contributed by atoms with van der Waals surface area (Å²) in [5.74, 6) is 0.408. The number of hydrogen-bond acceptors (Lipinski definition) is 5. The molecule has 0 atom stereocenters. The van der Waals surface area contributed by atoms with E-state index in [0.717, 1.165) is 29.1 Å². The molecule has 28 heavy (non-hydrogen) atoms. The van der Waals surface area contributed by atoms with Crippen molar-refractivity contribution in [2.45, 2.75) is 38.7 Å². The molecule has 2 amide bonds. The normalized spacial score (nSPS) is 17.8. The van der Waals surface area contributed by atoms with Crippen molar-refractivity contribution in [2.24, 2.45) is 5.73 Å². The van der Waals surface area contributed by atoms with Crippen molar-refractivity contribution < 1.29 is 19.1 Å². The number of nitrogens with two attached hydrogens (primary N) is 1. The summed E-state index contributed by atoms with van der Waals surface area (Å²) < 4.78 is 11.1. The van der Waals surface area contributed by atoms with Gasteiger partial charge in [-0.3, -0.25) is 14.7 Å². The highest BCUT2D eigenvalue weighted by molar-refractivity contribution is 5.95. The van der Waals surface area contributed by atoms with E-state index < -0.39 is 5.91 Å². The second-order valence-corrected chi connectivity index (χ2v) is 7.45. The molecule has 3 heterocycles. The first-order chi connectivity index (χ1) is 13.3. The van der Waals surface area contributed by atoms with Gasteiger partial charge in [0, 0.05) is 31.1 Å². The summed E-state index contributed by atoms with van der Waals surface area (Å²) >= 11 is 0. The number of nitrogens with zero attached hydrogens (tertiary/aromatic N) is 2. The Hall–Kier alpha value is -2.87. The average Bonchev–Trinajstić information content (AvgIpc) is 2.88. The highest BCUT2D eigenvalue weighted by Gasteiger charge is 2.29. The van der Waals surface area contributed by atoms with Crippen molar-refractivity contribution in [1.82, 2.24) is 10.2 Å². The molecule has 0 unspecified atom stereocenters. The van der Waals surface area contributed by atoms with Gasteiger partial charge in [0.2, 0.25) is 5.91 Å². The molecule has 0 radical (unpaired) electrons. The number of rotatable bonds is 1. The third-order valence-corrected chi connectivity index (χ3v) is 4.81. The molecule has 0 bridgehead atoms. The molecule has 150 valence electrons. The van der Waals surface area contributed by atoms with Crippen LogP contribution in [0.5, 0.6) is 5.75 Å². The monoisotopic (exact) mass is 386 g/mol. The van der Waals surface area contributed by atoms with Crippen LogP contribution in [0.4, 0.5) is 5.69 Å². The first-order valence-corrected chi connectivity index (χ1v) is 9.27. The number of ether oxygens (including phenoxy) is 2. The van der Waals surface area contributed by atoms with Gasteiger partial charge in [0.25, 0.3) is 5.91 Å². The lowest BCUT2D eigenvalue weighted by molar-refractivity contribution is -0.118. The molecule has 0 saturated heterocycles. The molecular weight excluding hydrogens is 360 g/mol. The van der Waals surface area contributed by atoms with E-state index in [1.807, 2.05) is 38.1 Å². The van der Waals surface area contributed by atoms with Crippen molar-refractivity contribution in [1.29, 1.82) is 0 Å². The van der Waals surface area contributed by atoms with Crippen LogP contribution >= 0.6 is 0 Å². The molecule has 0 saturated carbocycles. The van der Waals surface area contributed by atoms with E-state index in [2.05, 4.69) is 10.2 Å². The number of nitrogens with one attached hydrogen (secondary N) is 1. The predicted octanol–water partition coefficient (Wildman–Crippen LogP) is 1.83. The molecule has 0 fully saturated rings. The van der Waals surface area contributed by atoms with Crippen LogP contribution in [0.3, 0.4) is 0 Å². The highest BCUT2D eigenvalue weighted by atomic mass is 16.5. The van der Waals surface area contributed by atoms with E-state index in [4.69, 9.17) is 15.2 Å². The maximum absolute atomic E-state index is 11.4. The van der Waals surface area contributed by atoms with Gasteiger partial charge in [-0.15, -0.1) is 0 Å². The Kier molecular flexibility index (Phi) is 5.69. The van der Waals surface area contributed by atoms with Gasteiger partial charge in [-0.2, -0.15) is 5.10 Å². The zero-order valence-corrected chi connectivity index (χ0v) is 16.4. The highest BCUT2D eigenvalue weighted by Crippen LogP contribution is 2.29. The number of carbonyl (C=O) groups excluding carboxylic acids is 2. The van der Waals surface area contributed by atoms with Gasteiger partial charge in [-0.05, 0) is 26.0 Å². The van der Waals surface area contributed by atoms with Gasteiger partial charge in [0.05, 0.1) is 30.9 Å². The van der Waals surface area contributed by atoms with Crippen LogP contribution in [0.1, 0.15) is 42.0 Å². The van der Waals surface area contributed by atoms with Gasteiger partial charge < -0.3 is 20.1 Å². The van der Waals surface area contributed by atoms with Crippen molar-refractivity contribution >= 4 is 17.5 Å². The molecule has 8 heteroatoms. The Morgan fingerprint density at radius 2 is 2.00 bits per heavy atom. The molecular formula is C20H26N4O4. The van der Waals surface area contributed by atoms with Crippen LogP contribution < -0.4 is 15.4 Å². The van der Waals surface area contributed by atoms with E-state index in [-0.39, 0.29) is 11.5 Å². The quantitative estimate of drug-likeness (QED) is 0.777. The van der Waals surface area contributed by atoms with E-state index in [1.54, 1.807) is 11.9 Å². The van der Waals surface area contributed by atoms with E-state index in [0.29, 0.717) is 31.7 Å². The number of aromatic nitrogens is 2. The summed E-state index contributed by atoms with van der Waals surface area (Å²) in [6.45, 7) is 5.11. The fourth-order valence-electron chi connectivity index (χ4n) is 3.32. The maximum Gasteiger partial charge on any atom is 0.269 e. The second kappa shape index (κ2) is 8.02. The van der Waals surface area contributed by atoms with E-state index in [9.17, 15) is 9.59 Å². The fraction of sp³-hybridized carbons (Fsp3) is 0.450. The van der Waals surface area contributed by atoms with Crippen LogP contribution in [-0.4, -0.2) is 47.9 Å². The molecule has 2 aliphatic rings. The number of fused-ring (bicyclic) bond motifs is 2. The van der Waals surface area contributed by atoms with Crippen LogP contribution in [0.25, 0.3) is 0 Å². The predicted molar refractivity (Wildman–Crippen MR) is 105 cm³/mol. The van der Waals surface area contributed by atoms with Crippen molar-refractivity contribution in [3.05, 3.63) is 41.2 Å². The van der Waals surface area contributed by atoms with Crippen LogP contribution in [0.15, 0.2) is 24.3 Å². The molecule has 0 spiro atoms. The minimum absolute atomic E-state index is 0.102. The molecule has 1 aromatic carbocycles. The minimum Gasteiger partial charge on any atom is -0.491 e. The summed E-state index contributed by atoms with van der Waals surface area (Å²) in [5.41, 5.74) is 8.07. The third kappa shape index (κ3) is 4.33. The number of H-pyrrole nitrogens is 1. The summed E-state index contributed by atoms with van der Waals surface area (Å²) in [4.78, 5) is 24.2. The number of hydrogen-bond donors (Lipinski definition) is 2. The van der Waals surface area contributed by atoms with Gasteiger partial charge in [-0.1, -0.05) is 12.1 Å². The summed E-state index contributed by atoms with van der Waals surface area (Å²) in [7, 11) is 1.77. The Balaban J connectivity index is 0.000000162. The lowest BCUT2D eigenvalue weighted by Crippen LogP contribution is -2.27. The van der Waals surface area contributed by atoms with E-state index >= 15 is 0 Å². The zero-order chi connectivity index (χ0) is 20.3. The van der Waals surface area contributed by atoms with Crippen LogP contribution in [0, 0.1) is 0 Å². The van der Waals surface area contributed by atoms with Crippen molar-refractivity contribution in [3.63, 3.8) is 0 Å². The fourth-order valence-corrected chi connectivity index (χ4v) is 3.32. The summed E-state index contributed by atoms with van der Waals surface area (Å²) in [5, 5.41) is 6.80. The molecule has 1 aromatic heterocycles. The van der Waals surface area contributed by atoms with Gasteiger partial charge in [0.15, 0.2) is 5.69 Å². The molecule has 2 aliphatic heterocycles. The minimum atomic E-state index is -0.481. The number of benzene rings is 1. The Morgan fingerprint density at radius 1 is 1.25 bits per heavy atom. The van der Waals surface area contributed by atoms with Gasteiger partial charge in [-0.25, -0.2) is 0 Å². The first-order valence-electron chi connectivity index (χ1n) is 9.27. The molecule has 8 nitrogen and oxygen atoms in total. The third-order valence-electron chi connectivity index (χ3n) is 4.81. The smallest absolute Gasteiger partial charge is 0.269 e. The second-order valence-electron chi connectivity index (χ2n) is 7.45. The Labute approximate surface area is 164 Å². The topological polar surface area (TPSA) is 111 Å². The number of para-hydroxylation sites is 2. The Bertz CT molecular complexity index is 875. The molecule has 4 rings (SSSR count). The molecule has 3 N–H and O–H groups in total. The molecule has 2 aromatic rings. The van der Waals surface area contributed by atoms with Crippen molar-refractivity contribution in [2.75, 3.05) is 25.2 Å². The standard InChI is InChI=1S/C10H15N3O2.C10H11NO2/c1-10(2)5-6-7(3-4-15-10)12-13-8(6)9(11)14;1-11-8-4-2-3-5-9(8)13-7-6-10(11)12/h3-5H2,1-2H3,(H2,11,14)(H,12,13);2-5H,6-7H2,1H3. The largest absolute Gasteiger partial charge is 0.491 e. The first kappa shape index (κ1) is 19.9. The maximum atomic E-state index is 11.4. The Morgan fingerprint density at radius 3 is 2.75 bits per heavy atom. The van der Waals surface area contributed by atoms with Crippen LogP contribution in [0.2, 0.25) is 0 Å². The number of primary amides is 1. The zero-order valence-electron chi connectivity index (χ0n) is 16.4. The van der Waals surface area contributed by atoms with Gasteiger partial charge in [0.1, 0.15) is 5.75 Å². The van der Waals surface area contributed by atoms with E-state index in [1.165, 1.54) is 0 Å².